The first-order chi connectivity index (χ1) is 22.4. The van der Waals surface area contributed by atoms with Crippen LogP contribution in [0.3, 0.4) is 0 Å². The molecule has 0 saturated heterocycles. The van der Waals surface area contributed by atoms with Gasteiger partial charge in [0.2, 0.25) is 17.7 Å². The molecule has 1 aliphatic heterocycles. The lowest BCUT2D eigenvalue weighted by Gasteiger charge is -2.33. The van der Waals surface area contributed by atoms with E-state index in [1.165, 1.54) is 22.0 Å². The molecule has 0 aliphatic carbocycles. The molecule has 0 spiro atoms. The molecule has 0 bridgehead atoms. The van der Waals surface area contributed by atoms with E-state index in [0.29, 0.717) is 66.1 Å². The number of hydrogen-bond acceptors (Lipinski definition) is 11. The number of hydrogen-bond donors (Lipinski definition) is 1. The second-order valence-electron chi connectivity index (χ2n) is 11.7. The molecule has 270 valence electrons. The zero-order valence-electron chi connectivity index (χ0n) is 29.2. The van der Waals surface area contributed by atoms with Crippen LogP contribution < -0.4 is 5.32 Å². The van der Waals surface area contributed by atoms with Crippen LogP contribution in [0.5, 0.6) is 0 Å². The summed E-state index contributed by atoms with van der Waals surface area (Å²) in [5.74, 6) is -1.67. The highest BCUT2D eigenvalue weighted by atomic mass is 16.6. The molecule has 1 aliphatic rings. The summed E-state index contributed by atoms with van der Waals surface area (Å²) in [6.07, 6.45) is 2.60. The average Bonchev–Trinajstić information content (AvgIpc) is 3.34. The van der Waals surface area contributed by atoms with Gasteiger partial charge in [-0.3, -0.25) is 28.9 Å². The number of nitrogens with zero attached hydrogens (tertiary/aromatic N) is 3. The van der Waals surface area contributed by atoms with Gasteiger partial charge in [0.1, 0.15) is 12.1 Å². The first-order valence-electron chi connectivity index (χ1n) is 16.2. The third kappa shape index (κ3) is 17.1. The number of carbonyl (C=O) groups is 5. The van der Waals surface area contributed by atoms with Crippen LogP contribution in [-0.4, -0.2) is 163 Å². The predicted molar refractivity (Wildman–Crippen MR) is 172 cm³/mol. The molecule has 2 atom stereocenters. The van der Waals surface area contributed by atoms with Crippen molar-refractivity contribution in [2.45, 2.75) is 46.2 Å². The Balaban J connectivity index is 2.01. The van der Waals surface area contributed by atoms with E-state index in [1.54, 1.807) is 21.1 Å². The van der Waals surface area contributed by atoms with Gasteiger partial charge in [0.25, 0.3) is 11.8 Å². The summed E-state index contributed by atoms with van der Waals surface area (Å²) in [4.78, 5) is 65.2. The van der Waals surface area contributed by atoms with Gasteiger partial charge in [-0.1, -0.05) is 27.7 Å². The third-order valence-electron chi connectivity index (χ3n) is 7.06. The summed E-state index contributed by atoms with van der Waals surface area (Å²) in [7, 11) is 4.89. The number of carbonyl (C=O) groups excluding carboxylic acids is 5. The molecule has 15 heteroatoms. The van der Waals surface area contributed by atoms with E-state index in [9.17, 15) is 24.0 Å². The first kappa shape index (κ1) is 42.1. The summed E-state index contributed by atoms with van der Waals surface area (Å²) >= 11 is 0. The van der Waals surface area contributed by atoms with Crippen LogP contribution in [0.4, 0.5) is 0 Å². The van der Waals surface area contributed by atoms with Crippen LogP contribution in [0.1, 0.15) is 34.1 Å². The quantitative estimate of drug-likeness (QED) is 0.0932. The fraction of sp³-hybridized carbons (Fsp3) is 0.781. The summed E-state index contributed by atoms with van der Waals surface area (Å²) in [5, 5.41) is 2.84. The summed E-state index contributed by atoms with van der Waals surface area (Å²) in [6.45, 7) is 12.0. The highest BCUT2D eigenvalue weighted by molar-refractivity contribution is 6.12. The van der Waals surface area contributed by atoms with Crippen molar-refractivity contribution in [1.82, 2.24) is 20.0 Å². The molecule has 5 amide bonds. The van der Waals surface area contributed by atoms with E-state index >= 15 is 0 Å². The van der Waals surface area contributed by atoms with Gasteiger partial charge in [0, 0.05) is 33.3 Å². The Hall–Kier alpha value is -2.95. The van der Waals surface area contributed by atoms with Crippen molar-refractivity contribution in [3.8, 4) is 0 Å². The van der Waals surface area contributed by atoms with Crippen molar-refractivity contribution >= 4 is 29.5 Å². The SMILES string of the molecule is CC(C)[C@H](NC(=O)[C@H](C(C)C)N(C)C(=O)CCOCCOCCOCCOCCOCCOCCN1C(=O)C=CC1=O)C(=O)N(C)C. The molecule has 15 nitrogen and oxygen atoms in total. The van der Waals surface area contributed by atoms with Gasteiger partial charge in [0.05, 0.1) is 92.2 Å². The topological polar surface area (TPSA) is 162 Å². The Labute approximate surface area is 279 Å². The van der Waals surface area contributed by atoms with Crippen LogP contribution in [0.25, 0.3) is 0 Å². The number of likely N-dealkylation sites (N-methyl/N-ethyl adjacent to an activating group) is 2. The summed E-state index contributed by atoms with van der Waals surface area (Å²) in [5.41, 5.74) is 0. The van der Waals surface area contributed by atoms with Crippen LogP contribution >= 0.6 is 0 Å². The van der Waals surface area contributed by atoms with Crippen LogP contribution in [0.2, 0.25) is 0 Å². The van der Waals surface area contributed by atoms with Crippen molar-refractivity contribution in [1.29, 1.82) is 0 Å². The lowest BCUT2D eigenvalue weighted by Crippen LogP contribution is -2.57. The van der Waals surface area contributed by atoms with E-state index in [4.69, 9.17) is 28.4 Å². The zero-order chi connectivity index (χ0) is 35.2. The Bertz CT molecular complexity index is 972. The summed E-state index contributed by atoms with van der Waals surface area (Å²) < 4.78 is 32.7. The average molecular weight is 673 g/mol. The largest absolute Gasteiger partial charge is 0.379 e. The van der Waals surface area contributed by atoms with Gasteiger partial charge in [0.15, 0.2) is 0 Å². The molecule has 0 saturated carbocycles. The minimum absolute atomic E-state index is 0.102. The Kier molecular flexibility index (Phi) is 21.7. The third-order valence-corrected chi connectivity index (χ3v) is 7.06. The molecule has 0 aromatic rings. The number of imide groups is 1. The maximum absolute atomic E-state index is 13.1. The lowest BCUT2D eigenvalue weighted by atomic mass is 9.98. The minimum Gasteiger partial charge on any atom is -0.379 e. The second kappa shape index (κ2) is 24.2. The maximum Gasteiger partial charge on any atom is 0.253 e. The zero-order valence-corrected chi connectivity index (χ0v) is 29.2. The Morgan fingerprint density at radius 2 is 1.06 bits per heavy atom. The number of ether oxygens (including phenoxy) is 6. The molecule has 0 fully saturated rings. The molecule has 1 N–H and O–H groups in total. The molecule has 0 aromatic carbocycles. The van der Waals surface area contributed by atoms with Gasteiger partial charge in [-0.05, 0) is 11.8 Å². The van der Waals surface area contributed by atoms with Crippen molar-refractivity contribution in [2.24, 2.45) is 11.8 Å². The van der Waals surface area contributed by atoms with Gasteiger partial charge in [-0.2, -0.15) is 0 Å². The molecule has 47 heavy (non-hydrogen) atoms. The smallest absolute Gasteiger partial charge is 0.253 e. The van der Waals surface area contributed by atoms with Crippen LogP contribution in [0.15, 0.2) is 12.2 Å². The van der Waals surface area contributed by atoms with Gasteiger partial charge >= 0.3 is 0 Å². The fourth-order valence-electron chi connectivity index (χ4n) is 4.46. The Morgan fingerprint density at radius 3 is 1.45 bits per heavy atom. The lowest BCUT2D eigenvalue weighted by molar-refractivity contribution is -0.143. The molecule has 1 heterocycles. The van der Waals surface area contributed by atoms with Crippen molar-refractivity contribution in [2.75, 3.05) is 107 Å². The number of amides is 5. The van der Waals surface area contributed by atoms with Crippen LogP contribution in [0, 0.1) is 11.8 Å². The van der Waals surface area contributed by atoms with E-state index in [-0.39, 0.29) is 67.6 Å². The predicted octanol–water partition coefficient (Wildman–Crippen LogP) is 0.113. The minimum atomic E-state index is -0.718. The summed E-state index contributed by atoms with van der Waals surface area (Å²) in [6, 6.07) is -1.39. The van der Waals surface area contributed by atoms with Crippen LogP contribution in [-0.2, 0) is 52.4 Å². The molecular formula is C32H56N4O11. The molecule has 0 aromatic heterocycles. The van der Waals surface area contributed by atoms with Crippen molar-refractivity contribution < 1.29 is 52.4 Å². The molecular weight excluding hydrogens is 616 g/mol. The Morgan fingerprint density at radius 1 is 0.660 bits per heavy atom. The standard InChI is InChI=1S/C32H56N4O11/c1-24(2)29(32(41)34(5)6)33-31(40)30(25(3)4)35(7)26(37)10-12-42-14-16-44-18-20-46-22-23-47-21-19-45-17-15-43-13-11-36-27(38)8-9-28(36)39/h8-9,24-25,29-30H,10-23H2,1-7H3,(H,33,40)/t29-,30-/m0/s1. The number of nitrogens with one attached hydrogen (secondary N) is 1. The van der Waals surface area contributed by atoms with E-state index in [1.807, 2.05) is 27.7 Å². The second-order valence-corrected chi connectivity index (χ2v) is 11.7. The maximum atomic E-state index is 13.1. The normalized spacial score (nSPS) is 14.3. The van der Waals surface area contributed by atoms with Crippen molar-refractivity contribution in [3.05, 3.63) is 12.2 Å². The molecule has 0 unspecified atom stereocenters. The fourth-order valence-corrected chi connectivity index (χ4v) is 4.46. The highest BCUT2D eigenvalue weighted by Gasteiger charge is 2.34. The monoisotopic (exact) mass is 672 g/mol. The van der Waals surface area contributed by atoms with E-state index < -0.39 is 12.1 Å². The van der Waals surface area contributed by atoms with Gasteiger partial charge < -0.3 is 43.5 Å². The highest BCUT2D eigenvalue weighted by Crippen LogP contribution is 2.13. The van der Waals surface area contributed by atoms with E-state index in [2.05, 4.69) is 5.32 Å². The van der Waals surface area contributed by atoms with Crippen molar-refractivity contribution in [3.63, 3.8) is 0 Å². The van der Waals surface area contributed by atoms with E-state index in [0.717, 1.165) is 4.90 Å². The van der Waals surface area contributed by atoms with Gasteiger partial charge in [-0.15, -0.1) is 0 Å². The molecule has 0 radical (unpaired) electrons. The first-order valence-corrected chi connectivity index (χ1v) is 16.2. The van der Waals surface area contributed by atoms with Gasteiger partial charge in [-0.25, -0.2) is 0 Å². The molecule has 1 rings (SSSR count). The number of rotatable bonds is 27.